The smallest absolute Gasteiger partial charge is 0.321 e. The summed E-state index contributed by atoms with van der Waals surface area (Å²) in [5, 5.41) is 6.13. The van der Waals surface area contributed by atoms with Gasteiger partial charge in [0.05, 0.1) is 16.8 Å². The molecule has 0 fully saturated rings. The van der Waals surface area contributed by atoms with Crippen LogP contribution in [0.4, 0.5) is 4.79 Å². The van der Waals surface area contributed by atoms with Gasteiger partial charge in [0.25, 0.3) is 0 Å². The molecule has 0 aliphatic heterocycles. The van der Waals surface area contributed by atoms with Gasteiger partial charge >= 0.3 is 6.03 Å². The van der Waals surface area contributed by atoms with Crippen molar-refractivity contribution >= 4 is 46.3 Å². The molecule has 1 heterocycles. The fourth-order valence-corrected chi connectivity index (χ4v) is 3.00. The van der Waals surface area contributed by atoms with Gasteiger partial charge < -0.3 is 10.3 Å². The molecule has 0 aliphatic carbocycles. The van der Waals surface area contributed by atoms with Crippen molar-refractivity contribution in [2.24, 2.45) is 0 Å². The summed E-state index contributed by atoms with van der Waals surface area (Å²) in [6, 6.07) is 14.3. The Hall–Kier alpha value is -2.51. The summed E-state index contributed by atoms with van der Waals surface area (Å²) in [6.07, 6.45) is 0. The summed E-state index contributed by atoms with van der Waals surface area (Å²) in [4.78, 5) is 31.0. The monoisotopic (exact) mass is 374 g/mol. The van der Waals surface area contributed by atoms with Crippen LogP contribution in [0.15, 0.2) is 53.7 Å². The van der Waals surface area contributed by atoms with E-state index in [0.717, 1.165) is 16.6 Å². The highest BCUT2D eigenvalue weighted by molar-refractivity contribution is 7.99. The third kappa shape index (κ3) is 4.98. The van der Waals surface area contributed by atoms with E-state index in [2.05, 4.69) is 20.6 Å². The number of benzene rings is 2. The quantitative estimate of drug-likeness (QED) is 0.598. The van der Waals surface area contributed by atoms with Crippen LogP contribution >= 0.6 is 23.4 Å². The number of amides is 3. The highest BCUT2D eigenvalue weighted by atomic mass is 35.5. The highest BCUT2D eigenvalue weighted by Crippen LogP contribution is 2.21. The number of aromatic amines is 1. The normalized spacial score (nSPS) is 10.6. The molecule has 2 aromatic carbocycles. The van der Waals surface area contributed by atoms with Crippen LogP contribution in [0.3, 0.4) is 0 Å². The van der Waals surface area contributed by atoms with Gasteiger partial charge in [0.1, 0.15) is 0 Å². The fourth-order valence-electron chi connectivity index (χ4n) is 2.15. The molecule has 3 aromatic rings. The zero-order chi connectivity index (χ0) is 17.6. The molecule has 128 valence electrons. The fraction of sp³-hybridized carbons (Fsp3) is 0.118. The lowest BCUT2D eigenvalue weighted by Crippen LogP contribution is -2.39. The Labute approximate surface area is 153 Å². The number of carbonyl (C=O) groups excluding carboxylic acids is 2. The van der Waals surface area contributed by atoms with Crippen molar-refractivity contribution in [3.63, 3.8) is 0 Å². The first-order valence-corrected chi connectivity index (χ1v) is 8.86. The van der Waals surface area contributed by atoms with Gasteiger partial charge in [0.15, 0.2) is 5.16 Å². The number of hydrogen-bond acceptors (Lipinski definition) is 4. The van der Waals surface area contributed by atoms with Crippen molar-refractivity contribution in [3.05, 3.63) is 59.1 Å². The number of imidazole rings is 1. The van der Waals surface area contributed by atoms with E-state index in [1.165, 1.54) is 11.8 Å². The van der Waals surface area contributed by atoms with Gasteiger partial charge in [0, 0.05) is 11.6 Å². The van der Waals surface area contributed by atoms with Gasteiger partial charge in [-0.1, -0.05) is 53.7 Å². The highest BCUT2D eigenvalue weighted by Gasteiger charge is 2.10. The number of imide groups is 1. The Bertz CT molecular complexity index is 898. The molecule has 6 nitrogen and oxygen atoms in total. The van der Waals surface area contributed by atoms with Crippen LogP contribution in [0.5, 0.6) is 0 Å². The van der Waals surface area contributed by atoms with Crippen molar-refractivity contribution < 1.29 is 9.59 Å². The second kappa shape index (κ2) is 8.04. The summed E-state index contributed by atoms with van der Waals surface area (Å²) in [5.41, 5.74) is 2.53. The molecule has 3 rings (SSSR count). The van der Waals surface area contributed by atoms with Gasteiger partial charge in [-0.2, -0.15) is 0 Å². The average Bonchev–Trinajstić information content (AvgIpc) is 3.01. The van der Waals surface area contributed by atoms with E-state index in [-0.39, 0.29) is 5.75 Å². The first kappa shape index (κ1) is 17.3. The summed E-state index contributed by atoms with van der Waals surface area (Å²) < 4.78 is 0. The Morgan fingerprint density at radius 2 is 1.96 bits per heavy atom. The molecule has 0 unspecified atom stereocenters. The molecule has 0 atom stereocenters. The molecular formula is C17H15ClN4O2S. The second-order valence-corrected chi connectivity index (χ2v) is 6.61. The molecule has 0 spiro atoms. The zero-order valence-electron chi connectivity index (χ0n) is 13.1. The van der Waals surface area contributed by atoms with E-state index in [1.807, 2.05) is 30.3 Å². The van der Waals surface area contributed by atoms with E-state index < -0.39 is 11.9 Å². The number of fused-ring (bicyclic) bond motifs is 1. The van der Waals surface area contributed by atoms with E-state index in [0.29, 0.717) is 16.7 Å². The maximum absolute atomic E-state index is 11.9. The Morgan fingerprint density at radius 3 is 2.76 bits per heavy atom. The maximum atomic E-state index is 11.9. The number of hydrogen-bond donors (Lipinski definition) is 3. The third-order valence-corrected chi connectivity index (χ3v) is 4.42. The second-order valence-electron chi connectivity index (χ2n) is 5.21. The number of urea groups is 1. The predicted molar refractivity (Wildman–Crippen MR) is 98.6 cm³/mol. The third-order valence-electron chi connectivity index (χ3n) is 3.31. The average molecular weight is 375 g/mol. The lowest BCUT2D eigenvalue weighted by molar-refractivity contribution is -0.117. The number of carbonyl (C=O) groups is 2. The SMILES string of the molecule is O=C(CSc1nc2ccc(Cl)cc2[nH]1)NC(=O)NCc1ccccc1. The van der Waals surface area contributed by atoms with Crippen molar-refractivity contribution in [1.29, 1.82) is 0 Å². The molecule has 3 N–H and O–H groups in total. The van der Waals surface area contributed by atoms with Gasteiger partial charge in [0.2, 0.25) is 5.91 Å². The lowest BCUT2D eigenvalue weighted by atomic mass is 10.2. The topological polar surface area (TPSA) is 86.9 Å². The molecule has 0 bridgehead atoms. The molecule has 0 saturated carbocycles. The van der Waals surface area contributed by atoms with Crippen LogP contribution in [0, 0.1) is 0 Å². The molecule has 25 heavy (non-hydrogen) atoms. The summed E-state index contributed by atoms with van der Waals surface area (Å²) >= 11 is 7.14. The first-order chi connectivity index (χ1) is 12.1. The van der Waals surface area contributed by atoms with Crippen molar-refractivity contribution in [3.8, 4) is 0 Å². The molecular weight excluding hydrogens is 360 g/mol. The number of thioether (sulfide) groups is 1. The van der Waals surface area contributed by atoms with Crippen LogP contribution < -0.4 is 10.6 Å². The molecule has 8 heteroatoms. The summed E-state index contributed by atoms with van der Waals surface area (Å²) in [5.74, 6) is -0.319. The Balaban J connectivity index is 1.46. The first-order valence-electron chi connectivity index (χ1n) is 7.50. The number of aromatic nitrogens is 2. The number of H-pyrrole nitrogens is 1. The zero-order valence-corrected chi connectivity index (χ0v) is 14.7. The molecule has 1 aromatic heterocycles. The molecule has 3 amide bonds. The minimum absolute atomic E-state index is 0.0757. The predicted octanol–water partition coefficient (Wildman–Crippen LogP) is 3.33. The van der Waals surface area contributed by atoms with Crippen molar-refractivity contribution in [1.82, 2.24) is 20.6 Å². The molecule has 0 radical (unpaired) electrons. The van der Waals surface area contributed by atoms with E-state index in [1.54, 1.807) is 18.2 Å². The minimum Gasteiger partial charge on any atom is -0.334 e. The molecule has 0 saturated heterocycles. The number of nitrogens with zero attached hydrogens (tertiary/aromatic N) is 1. The Morgan fingerprint density at radius 1 is 1.16 bits per heavy atom. The van der Waals surface area contributed by atoms with Gasteiger partial charge in [-0.3, -0.25) is 10.1 Å². The van der Waals surface area contributed by atoms with Crippen LogP contribution in [0.1, 0.15) is 5.56 Å². The van der Waals surface area contributed by atoms with E-state index >= 15 is 0 Å². The summed E-state index contributed by atoms with van der Waals surface area (Å²) in [6.45, 7) is 0.359. The van der Waals surface area contributed by atoms with Gasteiger partial charge in [-0.25, -0.2) is 9.78 Å². The lowest BCUT2D eigenvalue weighted by Gasteiger charge is -2.06. The van der Waals surface area contributed by atoms with Crippen LogP contribution in [0.25, 0.3) is 11.0 Å². The molecule has 0 aliphatic rings. The van der Waals surface area contributed by atoms with Crippen LogP contribution in [-0.4, -0.2) is 27.7 Å². The van der Waals surface area contributed by atoms with Gasteiger partial charge in [-0.15, -0.1) is 0 Å². The van der Waals surface area contributed by atoms with Crippen LogP contribution in [-0.2, 0) is 11.3 Å². The van der Waals surface area contributed by atoms with Crippen LogP contribution in [0.2, 0.25) is 5.02 Å². The Kier molecular flexibility index (Phi) is 5.57. The minimum atomic E-state index is -0.522. The summed E-state index contributed by atoms with van der Waals surface area (Å²) in [7, 11) is 0. The maximum Gasteiger partial charge on any atom is 0.321 e. The van der Waals surface area contributed by atoms with E-state index in [9.17, 15) is 9.59 Å². The number of rotatable bonds is 5. The number of nitrogens with one attached hydrogen (secondary N) is 3. The van der Waals surface area contributed by atoms with E-state index in [4.69, 9.17) is 11.6 Å². The van der Waals surface area contributed by atoms with Crippen molar-refractivity contribution in [2.45, 2.75) is 11.7 Å². The standard InChI is InChI=1S/C17H15ClN4O2S/c18-12-6-7-13-14(8-12)21-17(20-13)25-10-15(23)22-16(24)19-9-11-4-2-1-3-5-11/h1-8H,9-10H2,(H,20,21)(H2,19,22,23,24). The van der Waals surface area contributed by atoms with Gasteiger partial charge in [-0.05, 0) is 23.8 Å². The van der Waals surface area contributed by atoms with Crippen molar-refractivity contribution in [2.75, 3.05) is 5.75 Å². The largest absolute Gasteiger partial charge is 0.334 e. The number of halogens is 1.